The minimum absolute atomic E-state index is 0.0973. The van der Waals surface area contributed by atoms with E-state index in [0.717, 1.165) is 28.8 Å². The van der Waals surface area contributed by atoms with E-state index in [-0.39, 0.29) is 18.5 Å². The van der Waals surface area contributed by atoms with Crippen LogP contribution < -0.4 is 4.90 Å². The Balaban J connectivity index is 2.17. The fourth-order valence-corrected chi connectivity index (χ4v) is 3.87. The van der Waals surface area contributed by atoms with Crippen LogP contribution in [0.2, 0.25) is 0 Å². The SMILES string of the molecule is CC(=O)N(c1nc(COC(=O)CCC(C)C)cs1)c1c(C)cc(C)cc1C. The van der Waals surface area contributed by atoms with Gasteiger partial charge >= 0.3 is 5.97 Å². The first-order valence-corrected chi connectivity index (χ1v) is 10.1. The van der Waals surface area contributed by atoms with Crippen LogP contribution in [0.1, 0.15) is 56.0 Å². The predicted octanol–water partition coefficient (Wildman–Crippen LogP) is 5.23. The van der Waals surface area contributed by atoms with E-state index in [1.165, 1.54) is 18.3 Å². The van der Waals surface area contributed by atoms with E-state index in [1.54, 1.807) is 4.90 Å². The van der Waals surface area contributed by atoms with Crippen LogP contribution in [0.3, 0.4) is 0 Å². The first-order chi connectivity index (χ1) is 12.7. The molecule has 1 heterocycles. The van der Waals surface area contributed by atoms with E-state index in [2.05, 4.69) is 31.0 Å². The maximum absolute atomic E-state index is 12.4. The van der Waals surface area contributed by atoms with E-state index in [9.17, 15) is 9.59 Å². The first kappa shape index (κ1) is 21.1. The third kappa shape index (κ3) is 5.63. The summed E-state index contributed by atoms with van der Waals surface area (Å²) in [6, 6.07) is 4.12. The Morgan fingerprint density at radius 3 is 2.37 bits per heavy atom. The largest absolute Gasteiger partial charge is 0.459 e. The van der Waals surface area contributed by atoms with Crippen molar-refractivity contribution in [1.82, 2.24) is 4.98 Å². The summed E-state index contributed by atoms with van der Waals surface area (Å²) in [6.07, 6.45) is 1.22. The summed E-state index contributed by atoms with van der Waals surface area (Å²) in [5.74, 6) is 0.153. The fraction of sp³-hybridized carbons (Fsp3) is 0.476. The summed E-state index contributed by atoms with van der Waals surface area (Å²) in [7, 11) is 0. The summed E-state index contributed by atoms with van der Waals surface area (Å²) in [5, 5.41) is 2.42. The highest BCUT2D eigenvalue weighted by Gasteiger charge is 2.22. The van der Waals surface area contributed by atoms with E-state index >= 15 is 0 Å². The second-order valence-electron chi connectivity index (χ2n) is 7.32. The van der Waals surface area contributed by atoms with Gasteiger partial charge in [0.25, 0.3) is 0 Å². The zero-order valence-corrected chi connectivity index (χ0v) is 17.8. The number of aromatic nitrogens is 1. The highest BCUT2D eigenvalue weighted by atomic mass is 32.1. The molecule has 0 bridgehead atoms. The minimum Gasteiger partial charge on any atom is -0.459 e. The molecule has 0 fully saturated rings. The van der Waals surface area contributed by atoms with Crippen molar-refractivity contribution < 1.29 is 14.3 Å². The van der Waals surface area contributed by atoms with Crippen molar-refractivity contribution >= 4 is 34.0 Å². The summed E-state index contributed by atoms with van der Waals surface area (Å²) < 4.78 is 5.30. The number of thiazole rings is 1. The lowest BCUT2D eigenvalue weighted by molar-refractivity contribution is -0.145. The third-order valence-corrected chi connectivity index (χ3v) is 5.09. The topological polar surface area (TPSA) is 59.5 Å². The van der Waals surface area contributed by atoms with Crippen LogP contribution in [0.15, 0.2) is 17.5 Å². The van der Waals surface area contributed by atoms with Crippen LogP contribution >= 0.6 is 11.3 Å². The summed E-state index contributed by atoms with van der Waals surface area (Å²) in [4.78, 5) is 30.3. The highest BCUT2D eigenvalue weighted by molar-refractivity contribution is 7.14. The number of rotatable bonds is 7. The second kappa shape index (κ2) is 9.13. The molecule has 1 aromatic carbocycles. The first-order valence-electron chi connectivity index (χ1n) is 9.17. The molecule has 1 amide bonds. The van der Waals surface area contributed by atoms with Gasteiger partial charge in [0.1, 0.15) is 6.61 Å². The number of nitrogens with zero attached hydrogens (tertiary/aromatic N) is 2. The Morgan fingerprint density at radius 2 is 1.81 bits per heavy atom. The van der Waals surface area contributed by atoms with Crippen molar-refractivity contribution in [2.75, 3.05) is 4.90 Å². The number of hydrogen-bond donors (Lipinski definition) is 0. The van der Waals surface area contributed by atoms with Crippen LogP contribution in [-0.4, -0.2) is 16.9 Å². The molecule has 146 valence electrons. The van der Waals surface area contributed by atoms with Gasteiger partial charge in [-0.05, 0) is 44.2 Å². The number of esters is 1. The number of carbonyl (C=O) groups is 2. The molecule has 0 aliphatic heterocycles. The van der Waals surface area contributed by atoms with Crippen molar-refractivity contribution in [3.05, 3.63) is 39.9 Å². The fourth-order valence-electron chi connectivity index (χ4n) is 3.01. The van der Waals surface area contributed by atoms with Crippen molar-refractivity contribution in [3.63, 3.8) is 0 Å². The van der Waals surface area contributed by atoms with E-state index < -0.39 is 0 Å². The molecule has 0 saturated carbocycles. The Labute approximate surface area is 165 Å². The predicted molar refractivity (Wildman–Crippen MR) is 109 cm³/mol. The molecule has 5 nitrogen and oxygen atoms in total. The molecule has 0 aliphatic rings. The van der Waals surface area contributed by atoms with Crippen molar-refractivity contribution in [2.24, 2.45) is 5.92 Å². The quantitative estimate of drug-likeness (QED) is 0.609. The Hall–Kier alpha value is -2.21. The highest BCUT2D eigenvalue weighted by Crippen LogP contribution is 2.34. The molecule has 0 unspecified atom stereocenters. The van der Waals surface area contributed by atoms with Crippen LogP contribution in [0.4, 0.5) is 10.8 Å². The molecule has 0 N–H and O–H groups in total. The number of carbonyl (C=O) groups excluding carboxylic acids is 2. The van der Waals surface area contributed by atoms with Gasteiger partial charge in [-0.1, -0.05) is 31.5 Å². The third-order valence-electron chi connectivity index (χ3n) is 4.21. The second-order valence-corrected chi connectivity index (χ2v) is 8.15. The number of anilines is 2. The van der Waals surface area contributed by atoms with Gasteiger partial charge in [0.05, 0.1) is 11.4 Å². The molecular formula is C21H28N2O3S. The zero-order chi connectivity index (χ0) is 20.1. The molecular weight excluding hydrogens is 360 g/mol. The molecule has 6 heteroatoms. The van der Waals surface area contributed by atoms with Gasteiger partial charge in [0.2, 0.25) is 5.91 Å². The standard InChI is InChI=1S/C21H28N2O3S/c1-13(2)7-8-19(25)26-11-18-12-27-21(22-18)23(17(6)24)20-15(4)9-14(3)10-16(20)5/h9-10,12-13H,7-8,11H2,1-6H3. The Morgan fingerprint density at radius 1 is 1.19 bits per heavy atom. The Kier molecular flexibility index (Phi) is 7.13. The van der Waals surface area contributed by atoms with E-state index in [0.29, 0.717) is 23.2 Å². The lowest BCUT2D eigenvalue weighted by Crippen LogP contribution is -2.24. The summed E-state index contributed by atoms with van der Waals surface area (Å²) in [6.45, 7) is 11.8. The minimum atomic E-state index is -0.216. The molecule has 0 saturated heterocycles. The van der Waals surface area contributed by atoms with Gasteiger partial charge in [-0.15, -0.1) is 11.3 Å². The molecule has 1 aromatic heterocycles. The lowest BCUT2D eigenvalue weighted by atomic mass is 10.0. The van der Waals surface area contributed by atoms with Crippen LogP contribution in [0, 0.1) is 26.7 Å². The van der Waals surface area contributed by atoms with Crippen molar-refractivity contribution in [1.29, 1.82) is 0 Å². The van der Waals surface area contributed by atoms with E-state index in [1.807, 2.05) is 26.2 Å². The Bertz CT molecular complexity index is 804. The average Bonchev–Trinajstić information content (AvgIpc) is 3.02. The molecule has 0 radical (unpaired) electrons. The molecule has 0 aliphatic carbocycles. The lowest BCUT2D eigenvalue weighted by Gasteiger charge is -2.23. The van der Waals surface area contributed by atoms with Gasteiger partial charge in [-0.25, -0.2) is 4.98 Å². The van der Waals surface area contributed by atoms with Gasteiger partial charge in [-0.2, -0.15) is 0 Å². The number of hydrogen-bond acceptors (Lipinski definition) is 5. The number of aryl methyl sites for hydroxylation is 3. The van der Waals surface area contributed by atoms with E-state index in [4.69, 9.17) is 4.74 Å². The summed E-state index contributed by atoms with van der Waals surface area (Å²) >= 11 is 1.38. The average molecular weight is 389 g/mol. The van der Waals surface area contributed by atoms with Crippen molar-refractivity contribution in [3.8, 4) is 0 Å². The summed E-state index contributed by atoms with van der Waals surface area (Å²) in [5.41, 5.74) is 4.73. The van der Waals surface area contributed by atoms with Crippen LogP contribution in [0.5, 0.6) is 0 Å². The van der Waals surface area contributed by atoms with Gasteiger partial charge in [-0.3, -0.25) is 14.5 Å². The molecule has 0 atom stereocenters. The smallest absolute Gasteiger partial charge is 0.306 e. The molecule has 2 rings (SSSR count). The van der Waals surface area contributed by atoms with Crippen LogP contribution in [0.25, 0.3) is 0 Å². The molecule has 27 heavy (non-hydrogen) atoms. The maximum atomic E-state index is 12.4. The van der Waals surface area contributed by atoms with Gasteiger partial charge < -0.3 is 4.74 Å². The van der Waals surface area contributed by atoms with Crippen molar-refractivity contribution in [2.45, 2.75) is 61.0 Å². The maximum Gasteiger partial charge on any atom is 0.306 e. The van der Waals surface area contributed by atoms with Crippen LogP contribution in [-0.2, 0) is 20.9 Å². The number of ether oxygens (including phenoxy) is 1. The number of amides is 1. The monoisotopic (exact) mass is 388 g/mol. The van der Waals surface area contributed by atoms with Gasteiger partial charge in [0, 0.05) is 18.7 Å². The molecule has 2 aromatic rings. The van der Waals surface area contributed by atoms with Gasteiger partial charge in [0.15, 0.2) is 5.13 Å². The molecule has 0 spiro atoms. The zero-order valence-electron chi connectivity index (χ0n) is 17.0. The normalized spacial score (nSPS) is 10.9. The number of benzene rings is 1.